The molecule has 0 unspecified atom stereocenters. The Morgan fingerprint density at radius 2 is 1.61 bits per heavy atom. The molecule has 1 saturated carbocycles. The number of halogens is 6. The van der Waals surface area contributed by atoms with Crippen molar-refractivity contribution >= 4 is 17.5 Å². The van der Waals surface area contributed by atoms with Crippen molar-refractivity contribution in [2.45, 2.75) is 57.6 Å². The number of nitrogens with zero attached hydrogens (tertiary/aromatic N) is 2. The molecule has 0 atom stereocenters. The van der Waals surface area contributed by atoms with Crippen LogP contribution in [0.3, 0.4) is 0 Å². The van der Waals surface area contributed by atoms with Gasteiger partial charge in [0.25, 0.3) is 0 Å². The van der Waals surface area contributed by atoms with Crippen LogP contribution in [-0.2, 0) is 6.18 Å². The van der Waals surface area contributed by atoms with E-state index in [0.717, 1.165) is 38.2 Å². The standard InChI is InChI=1S/C25H24F6N4O/c1-15-19(24(26,27)28)11-6-12-20(15)33-22-14-21(16-7-5-10-18(13-16)36-25(29,30)31)34-23(35-22)32-17-8-3-2-4-9-17/h5-7,10-14,17H,2-4,8-9H2,1H3,(H2,32,33,34,35). The van der Waals surface area contributed by atoms with Gasteiger partial charge in [0, 0.05) is 23.4 Å². The Morgan fingerprint density at radius 1 is 0.889 bits per heavy atom. The molecule has 0 radical (unpaired) electrons. The molecule has 1 aliphatic carbocycles. The Morgan fingerprint density at radius 3 is 2.31 bits per heavy atom. The van der Waals surface area contributed by atoms with Gasteiger partial charge in [0.1, 0.15) is 11.6 Å². The largest absolute Gasteiger partial charge is 0.573 e. The molecule has 0 aliphatic heterocycles. The molecule has 1 aromatic heterocycles. The first-order valence-electron chi connectivity index (χ1n) is 11.4. The number of ether oxygens (including phenoxy) is 1. The number of aromatic nitrogens is 2. The van der Waals surface area contributed by atoms with E-state index in [1.807, 2.05) is 0 Å². The molecule has 0 amide bonds. The second-order valence-electron chi connectivity index (χ2n) is 8.62. The van der Waals surface area contributed by atoms with Crippen LogP contribution in [-0.4, -0.2) is 22.4 Å². The Kier molecular flexibility index (Phi) is 7.28. The number of anilines is 3. The molecule has 1 aliphatic rings. The average Bonchev–Trinajstić information content (AvgIpc) is 2.79. The lowest BCUT2D eigenvalue weighted by Gasteiger charge is -2.23. The maximum atomic E-state index is 13.4. The maximum Gasteiger partial charge on any atom is 0.573 e. The summed E-state index contributed by atoms with van der Waals surface area (Å²) in [7, 11) is 0. The number of alkyl halides is 6. The summed E-state index contributed by atoms with van der Waals surface area (Å²) in [5.74, 6) is 0.0141. The zero-order chi connectivity index (χ0) is 25.9. The Labute approximate surface area is 203 Å². The fourth-order valence-corrected chi connectivity index (χ4v) is 4.22. The van der Waals surface area contributed by atoms with Gasteiger partial charge in [-0.3, -0.25) is 0 Å². The summed E-state index contributed by atoms with van der Waals surface area (Å²) in [5, 5.41) is 6.19. The molecular formula is C25H24F6N4O. The van der Waals surface area contributed by atoms with Crippen molar-refractivity contribution in [1.29, 1.82) is 0 Å². The molecule has 5 nitrogen and oxygen atoms in total. The highest BCUT2D eigenvalue weighted by Crippen LogP contribution is 2.36. The lowest BCUT2D eigenvalue weighted by molar-refractivity contribution is -0.274. The van der Waals surface area contributed by atoms with Crippen molar-refractivity contribution in [2.24, 2.45) is 0 Å². The number of hydrogen-bond donors (Lipinski definition) is 2. The number of hydrogen-bond acceptors (Lipinski definition) is 5. The molecule has 0 spiro atoms. The third kappa shape index (κ3) is 6.58. The third-order valence-corrected chi connectivity index (χ3v) is 5.93. The van der Waals surface area contributed by atoms with Crippen LogP contribution < -0.4 is 15.4 Å². The van der Waals surface area contributed by atoms with Gasteiger partial charge in [-0.05, 0) is 49.6 Å². The van der Waals surface area contributed by atoms with Crippen LogP contribution in [0.25, 0.3) is 11.3 Å². The highest BCUT2D eigenvalue weighted by molar-refractivity contribution is 5.70. The third-order valence-electron chi connectivity index (χ3n) is 5.93. The summed E-state index contributed by atoms with van der Waals surface area (Å²) in [6, 6.07) is 10.7. The fourth-order valence-electron chi connectivity index (χ4n) is 4.22. The second-order valence-corrected chi connectivity index (χ2v) is 8.62. The zero-order valence-corrected chi connectivity index (χ0v) is 19.3. The summed E-state index contributed by atoms with van der Waals surface area (Å²) >= 11 is 0. The van der Waals surface area contributed by atoms with Gasteiger partial charge in [-0.15, -0.1) is 13.2 Å². The Balaban J connectivity index is 1.71. The van der Waals surface area contributed by atoms with E-state index in [2.05, 4.69) is 25.3 Å². The van der Waals surface area contributed by atoms with Crippen molar-refractivity contribution in [3.05, 3.63) is 59.7 Å². The molecule has 4 rings (SSSR count). The first-order chi connectivity index (χ1) is 17.0. The summed E-state index contributed by atoms with van der Waals surface area (Å²) in [6.45, 7) is 1.35. The van der Waals surface area contributed by atoms with Crippen LogP contribution in [0.5, 0.6) is 5.75 Å². The van der Waals surface area contributed by atoms with Crippen molar-refractivity contribution in [3.63, 3.8) is 0 Å². The molecule has 192 valence electrons. The Bertz CT molecular complexity index is 1210. The smallest absolute Gasteiger partial charge is 0.406 e. The fraction of sp³-hybridized carbons (Fsp3) is 0.360. The van der Waals surface area contributed by atoms with E-state index < -0.39 is 23.9 Å². The lowest BCUT2D eigenvalue weighted by Crippen LogP contribution is -2.23. The number of nitrogens with one attached hydrogen (secondary N) is 2. The monoisotopic (exact) mass is 510 g/mol. The number of benzene rings is 2. The molecule has 1 heterocycles. The highest BCUT2D eigenvalue weighted by Gasteiger charge is 2.33. The van der Waals surface area contributed by atoms with Gasteiger partial charge in [-0.25, -0.2) is 4.98 Å². The molecule has 36 heavy (non-hydrogen) atoms. The predicted octanol–water partition coefficient (Wildman–Crippen LogP) is 7.86. The van der Waals surface area contributed by atoms with E-state index in [0.29, 0.717) is 5.56 Å². The van der Waals surface area contributed by atoms with Crippen LogP contribution in [0, 0.1) is 6.92 Å². The maximum absolute atomic E-state index is 13.4. The van der Waals surface area contributed by atoms with Crippen molar-refractivity contribution < 1.29 is 31.1 Å². The molecule has 3 aromatic rings. The van der Waals surface area contributed by atoms with Gasteiger partial charge in [-0.2, -0.15) is 18.2 Å². The van der Waals surface area contributed by atoms with Gasteiger partial charge in [0.05, 0.1) is 11.3 Å². The molecule has 2 aromatic carbocycles. The SMILES string of the molecule is Cc1c(Nc2cc(-c3cccc(OC(F)(F)F)c3)nc(NC3CCCCC3)n2)cccc1C(F)(F)F. The van der Waals surface area contributed by atoms with Crippen molar-refractivity contribution in [2.75, 3.05) is 10.6 Å². The van der Waals surface area contributed by atoms with Gasteiger partial charge in [0.2, 0.25) is 5.95 Å². The second kappa shape index (κ2) is 10.2. The van der Waals surface area contributed by atoms with Crippen molar-refractivity contribution in [3.8, 4) is 17.0 Å². The first kappa shape index (κ1) is 25.6. The van der Waals surface area contributed by atoms with Crippen molar-refractivity contribution in [1.82, 2.24) is 9.97 Å². The molecule has 0 bridgehead atoms. The minimum atomic E-state index is -4.86. The Hall–Kier alpha value is -3.50. The van der Waals surface area contributed by atoms with E-state index in [1.165, 1.54) is 43.3 Å². The van der Waals surface area contributed by atoms with Crippen LogP contribution in [0.15, 0.2) is 48.5 Å². The van der Waals surface area contributed by atoms with Crippen LogP contribution in [0.1, 0.15) is 43.2 Å². The average molecular weight is 510 g/mol. The molecule has 11 heteroatoms. The van der Waals surface area contributed by atoms with Gasteiger partial charge >= 0.3 is 12.5 Å². The van der Waals surface area contributed by atoms with Gasteiger partial charge in [-0.1, -0.05) is 37.5 Å². The van der Waals surface area contributed by atoms with Crippen LogP contribution in [0.2, 0.25) is 0 Å². The summed E-state index contributed by atoms with van der Waals surface area (Å²) in [6.07, 6.45) is -4.33. The molecule has 2 N–H and O–H groups in total. The summed E-state index contributed by atoms with van der Waals surface area (Å²) in [5.41, 5.74) is 0.0248. The van der Waals surface area contributed by atoms with Crippen LogP contribution >= 0.6 is 0 Å². The minimum absolute atomic E-state index is 0.00692. The van der Waals surface area contributed by atoms with Gasteiger partial charge in [0.15, 0.2) is 0 Å². The quantitative estimate of drug-likeness (QED) is 0.331. The first-order valence-corrected chi connectivity index (χ1v) is 11.4. The number of rotatable bonds is 6. The van der Waals surface area contributed by atoms with E-state index in [-0.39, 0.29) is 34.8 Å². The van der Waals surface area contributed by atoms with E-state index in [4.69, 9.17) is 0 Å². The highest BCUT2D eigenvalue weighted by atomic mass is 19.4. The van der Waals surface area contributed by atoms with E-state index >= 15 is 0 Å². The molecular weight excluding hydrogens is 486 g/mol. The summed E-state index contributed by atoms with van der Waals surface area (Å²) < 4.78 is 82.3. The van der Waals surface area contributed by atoms with Crippen LogP contribution in [0.4, 0.5) is 43.8 Å². The predicted molar refractivity (Wildman–Crippen MR) is 124 cm³/mol. The normalized spacial score (nSPS) is 15.0. The van der Waals surface area contributed by atoms with E-state index in [1.54, 1.807) is 6.07 Å². The lowest BCUT2D eigenvalue weighted by atomic mass is 9.96. The minimum Gasteiger partial charge on any atom is -0.406 e. The summed E-state index contributed by atoms with van der Waals surface area (Å²) in [4.78, 5) is 8.91. The van der Waals surface area contributed by atoms with E-state index in [9.17, 15) is 26.3 Å². The topological polar surface area (TPSA) is 59.1 Å². The zero-order valence-electron chi connectivity index (χ0n) is 19.3. The molecule has 1 fully saturated rings. The van der Waals surface area contributed by atoms with Gasteiger partial charge < -0.3 is 15.4 Å². The molecule has 0 saturated heterocycles.